The Labute approximate surface area is 172 Å². The van der Waals surface area contributed by atoms with Crippen molar-refractivity contribution in [3.05, 3.63) is 78.9 Å². The molecule has 4 heterocycles. The molecule has 1 aliphatic heterocycles. The van der Waals surface area contributed by atoms with Gasteiger partial charge in [-0.25, -0.2) is 9.97 Å². The van der Waals surface area contributed by atoms with Crippen molar-refractivity contribution in [1.82, 2.24) is 39.5 Å². The lowest BCUT2D eigenvalue weighted by atomic mass is 10.1. The summed E-state index contributed by atoms with van der Waals surface area (Å²) >= 11 is 0. The Morgan fingerprint density at radius 2 is 1.97 bits per heavy atom. The van der Waals surface area contributed by atoms with Crippen LogP contribution >= 0.6 is 0 Å². The van der Waals surface area contributed by atoms with Crippen molar-refractivity contribution in [2.45, 2.75) is 19.4 Å². The summed E-state index contributed by atoms with van der Waals surface area (Å²) in [6, 6.07) is 9.93. The summed E-state index contributed by atoms with van der Waals surface area (Å²) in [5, 5.41) is 12.9. The highest BCUT2D eigenvalue weighted by atomic mass is 15.4. The first kappa shape index (κ1) is 16.8. The van der Waals surface area contributed by atoms with E-state index in [1.165, 1.54) is 6.33 Å². The molecule has 0 amide bonds. The second-order valence-corrected chi connectivity index (χ2v) is 7.04. The number of anilines is 1. The van der Waals surface area contributed by atoms with Gasteiger partial charge >= 0.3 is 0 Å². The molecule has 1 aromatic carbocycles. The van der Waals surface area contributed by atoms with Gasteiger partial charge in [0.25, 0.3) is 5.95 Å². The van der Waals surface area contributed by atoms with E-state index in [-0.39, 0.29) is 6.04 Å². The zero-order valence-corrected chi connectivity index (χ0v) is 16.2. The number of rotatable bonds is 4. The predicted molar refractivity (Wildman–Crippen MR) is 110 cm³/mol. The minimum atomic E-state index is 0.0308. The molecule has 6 rings (SSSR count). The van der Waals surface area contributed by atoms with E-state index in [4.69, 9.17) is 4.98 Å². The van der Waals surface area contributed by atoms with Crippen LogP contribution in [0.15, 0.2) is 73.1 Å². The lowest BCUT2D eigenvalue weighted by Crippen LogP contribution is -2.35. The van der Waals surface area contributed by atoms with Crippen molar-refractivity contribution < 1.29 is 0 Å². The summed E-state index contributed by atoms with van der Waals surface area (Å²) in [4.78, 5) is 16.1. The summed E-state index contributed by atoms with van der Waals surface area (Å²) in [6.45, 7) is 2.14. The fraction of sp³-hybridized carbons (Fsp3) is 0.143. The van der Waals surface area contributed by atoms with Gasteiger partial charge in [-0.05, 0) is 18.6 Å². The normalized spacial score (nSPS) is 16.6. The molecule has 30 heavy (non-hydrogen) atoms. The first-order valence-corrected chi connectivity index (χ1v) is 9.76. The molecule has 0 N–H and O–H groups in total. The summed E-state index contributed by atoms with van der Waals surface area (Å²) in [7, 11) is 0. The molecule has 0 bridgehead atoms. The fourth-order valence-electron chi connectivity index (χ4n) is 3.91. The average molecular weight is 395 g/mol. The Balaban J connectivity index is 1.53. The molecule has 1 atom stereocenters. The Kier molecular flexibility index (Phi) is 3.61. The van der Waals surface area contributed by atoms with Gasteiger partial charge in [0.2, 0.25) is 0 Å². The summed E-state index contributed by atoms with van der Waals surface area (Å²) < 4.78 is 3.63. The van der Waals surface area contributed by atoms with Crippen LogP contribution in [0.2, 0.25) is 0 Å². The van der Waals surface area contributed by atoms with Gasteiger partial charge < -0.3 is 4.90 Å². The van der Waals surface area contributed by atoms with E-state index in [0.717, 1.165) is 35.0 Å². The Morgan fingerprint density at radius 1 is 1.10 bits per heavy atom. The van der Waals surface area contributed by atoms with Gasteiger partial charge in [-0.15, -0.1) is 10.2 Å². The minimum Gasteiger partial charge on any atom is -0.314 e. The zero-order chi connectivity index (χ0) is 20.1. The zero-order valence-electron chi connectivity index (χ0n) is 16.2. The van der Waals surface area contributed by atoms with Crippen LogP contribution in [-0.4, -0.2) is 39.5 Å². The molecule has 0 saturated heterocycles. The first-order chi connectivity index (χ1) is 14.8. The lowest BCUT2D eigenvalue weighted by Gasteiger charge is -2.38. The highest BCUT2D eigenvalue weighted by Gasteiger charge is 2.36. The van der Waals surface area contributed by atoms with Gasteiger partial charge in [0.1, 0.15) is 18.3 Å². The van der Waals surface area contributed by atoms with E-state index in [1.54, 1.807) is 17.2 Å². The molecule has 9 nitrogen and oxygen atoms in total. The molecule has 1 aliphatic carbocycles. The van der Waals surface area contributed by atoms with Crippen LogP contribution in [0.5, 0.6) is 0 Å². The van der Waals surface area contributed by atoms with Gasteiger partial charge in [0.15, 0.2) is 17.5 Å². The third-order valence-electron chi connectivity index (χ3n) is 5.38. The quantitative estimate of drug-likeness (QED) is 0.524. The maximum absolute atomic E-state index is 4.93. The van der Waals surface area contributed by atoms with Crippen molar-refractivity contribution in [2.24, 2.45) is 0 Å². The van der Waals surface area contributed by atoms with Crippen molar-refractivity contribution in [1.29, 1.82) is 0 Å². The van der Waals surface area contributed by atoms with Crippen LogP contribution in [-0.2, 0) is 0 Å². The van der Waals surface area contributed by atoms with Gasteiger partial charge in [-0.2, -0.15) is 14.8 Å². The molecule has 1 unspecified atom stereocenters. The number of nitrogens with zero attached hydrogens (tertiary/aromatic N) is 9. The molecule has 0 fully saturated rings. The highest BCUT2D eigenvalue weighted by molar-refractivity contribution is 5.68. The summed E-state index contributed by atoms with van der Waals surface area (Å²) in [5.74, 6) is 2.83. The number of allylic oxidation sites excluding steroid dienone is 3. The van der Waals surface area contributed by atoms with Crippen molar-refractivity contribution in [3.8, 4) is 23.0 Å². The molecule has 0 radical (unpaired) electrons. The maximum Gasteiger partial charge on any atom is 0.254 e. The monoisotopic (exact) mass is 395 g/mol. The van der Waals surface area contributed by atoms with Crippen LogP contribution in [0, 0.1) is 0 Å². The number of hydrogen-bond acceptors (Lipinski definition) is 7. The topological polar surface area (TPSA) is 90.4 Å². The average Bonchev–Trinajstić information content (AvgIpc) is 3.43. The number of aromatic nitrogens is 8. The van der Waals surface area contributed by atoms with Crippen LogP contribution in [0.25, 0.3) is 23.0 Å². The van der Waals surface area contributed by atoms with E-state index in [1.807, 2.05) is 41.0 Å². The van der Waals surface area contributed by atoms with Gasteiger partial charge in [0.05, 0.1) is 12.2 Å². The molecule has 3 aromatic heterocycles. The van der Waals surface area contributed by atoms with Crippen LogP contribution in [0.3, 0.4) is 0 Å². The minimum absolute atomic E-state index is 0.0308. The second kappa shape index (κ2) is 6.45. The third kappa shape index (κ3) is 2.35. The van der Waals surface area contributed by atoms with Crippen molar-refractivity contribution >= 4 is 5.82 Å². The highest BCUT2D eigenvalue weighted by Crippen LogP contribution is 2.41. The smallest absolute Gasteiger partial charge is 0.254 e. The SMILES string of the molecule is CCC1c2nncn2-c2cnc(-n3ncnc3-c3ccccc3)nc2N1C1=CC=C1. The van der Waals surface area contributed by atoms with Gasteiger partial charge in [-0.3, -0.25) is 4.57 Å². The van der Waals surface area contributed by atoms with E-state index in [0.29, 0.717) is 11.8 Å². The largest absolute Gasteiger partial charge is 0.314 e. The fourth-order valence-corrected chi connectivity index (χ4v) is 3.91. The Hall–Kier alpha value is -4.14. The van der Waals surface area contributed by atoms with Crippen LogP contribution in [0.4, 0.5) is 5.82 Å². The number of hydrogen-bond donors (Lipinski definition) is 0. The van der Waals surface area contributed by atoms with E-state index in [9.17, 15) is 0 Å². The van der Waals surface area contributed by atoms with E-state index < -0.39 is 0 Å². The molecule has 0 saturated carbocycles. The van der Waals surface area contributed by atoms with Crippen LogP contribution in [0.1, 0.15) is 25.2 Å². The molecule has 9 heteroatoms. The standard InChI is InChI=1S/C21H17N9/c1-2-16-20-27-24-13-28(20)17-11-22-21(26-19(17)29(16)15-9-6-10-15)30-18(23-12-25-30)14-7-4-3-5-8-14/h3-13,16H,2H2,1H3. The predicted octanol–water partition coefficient (Wildman–Crippen LogP) is 3.03. The molecule has 2 aliphatic rings. The van der Waals surface area contributed by atoms with Crippen molar-refractivity contribution in [2.75, 3.05) is 4.90 Å². The molecule has 4 aromatic rings. The second-order valence-electron chi connectivity index (χ2n) is 7.04. The van der Waals surface area contributed by atoms with E-state index in [2.05, 4.69) is 49.2 Å². The van der Waals surface area contributed by atoms with E-state index >= 15 is 0 Å². The summed E-state index contributed by atoms with van der Waals surface area (Å²) in [6.07, 6.45) is 12.1. The number of fused-ring (bicyclic) bond motifs is 3. The van der Waals surface area contributed by atoms with Crippen LogP contribution < -0.4 is 4.90 Å². The molecule has 146 valence electrons. The molecular formula is C21H17N9. The summed E-state index contributed by atoms with van der Waals surface area (Å²) in [5.41, 5.74) is 2.88. The number of benzene rings is 1. The first-order valence-electron chi connectivity index (χ1n) is 9.76. The Morgan fingerprint density at radius 3 is 2.73 bits per heavy atom. The van der Waals surface area contributed by atoms with Gasteiger partial charge in [-0.1, -0.05) is 43.3 Å². The molecular weight excluding hydrogens is 378 g/mol. The maximum atomic E-state index is 4.93. The lowest BCUT2D eigenvalue weighted by molar-refractivity contribution is 0.573. The molecule has 0 spiro atoms. The van der Waals surface area contributed by atoms with Gasteiger partial charge in [0, 0.05) is 11.3 Å². The van der Waals surface area contributed by atoms with Crippen molar-refractivity contribution in [3.63, 3.8) is 0 Å². The Bertz CT molecular complexity index is 1300. The third-order valence-corrected chi connectivity index (χ3v) is 5.38.